The van der Waals surface area contributed by atoms with Crippen molar-refractivity contribution in [3.8, 4) is 0 Å². The molecule has 72 valence electrons. The minimum atomic E-state index is 1.14. The van der Waals surface area contributed by atoms with Crippen LogP contribution in [0.2, 0.25) is 0 Å². The summed E-state index contributed by atoms with van der Waals surface area (Å²) in [5.74, 6) is 0. The normalized spacial score (nSPS) is 19.8. The highest BCUT2D eigenvalue weighted by Gasteiger charge is 2.07. The van der Waals surface area contributed by atoms with Gasteiger partial charge in [0.2, 0.25) is 0 Å². The van der Waals surface area contributed by atoms with E-state index in [1.54, 1.807) is 0 Å². The molecule has 0 amide bonds. The van der Waals surface area contributed by atoms with Gasteiger partial charge in [-0.15, -0.1) is 0 Å². The fourth-order valence-electron chi connectivity index (χ4n) is 1.36. The van der Waals surface area contributed by atoms with Gasteiger partial charge in [0.1, 0.15) is 0 Å². The summed E-state index contributed by atoms with van der Waals surface area (Å²) in [6, 6.07) is 0. The van der Waals surface area contributed by atoms with E-state index in [0.29, 0.717) is 0 Å². The molecule has 0 atom stereocenters. The van der Waals surface area contributed by atoms with Crippen LogP contribution >= 0.6 is 22.6 Å². The van der Waals surface area contributed by atoms with Gasteiger partial charge in [0.05, 0.1) is 0 Å². The van der Waals surface area contributed by atoms with Crippen molar-refractivity contribution in [1.29, 1.82) is 0 Å². The first kappa shape index (κ1) is 10.7. The molecule has 1 fully saturated rings. The van der Waals surface area contributed by atoms with Crippen molar-refractivity contribution in [1.82, 2.24) is 15.5 Å². The third kappa shape index (κ3) is 4.59. The Morgan fingerprint density at radius 1 is 1.25 bits per heavy atom. The highest BCUT2D eigenvalue weighted by Crippen LogP contribution is 1.89. The van der Waals surface area contributed by atoms with Gasteiger partial charge in [-0.05, 0) is 0 Å². The van der Waals surface area contributed by atoms with Gasteiger partial charge in [-0.1, -0.05) is 22.6 Å². The molecule has 0 aliphatic carbocycles. The topological polar surface area (TPSA) is 27.3 Å². The van der Waals surface area contributed by atoms with Crippen LogP contribution in [0, 0.1) is 0 Å². The largest absolute Gasteiger partial charge is 0.315 e. The Labute approximate surface area is 88.4 Å². The lowest BCUT2D eigenvalue weighted by Crippen LogP contribution is -2.45. The molecule has 0 bridgehead atoms. The molecule has 4 heteroatoms. The van der Waals surface area contributed by atoms with Crippen molar-refractivity contribution < 1.29 is 0 Å². The van der Waals surface area contributed by atoms with Crippen LogP contribution in [0.15, 0.2) is 0 Å². The zero-order chi connectivity index (χ0) is 8.65. The Kier molecular flexibility index (Phi) is 6.29. The molecule has 3 nitrogen and oxygen atoms in total. The molecule has 0 spiro atoms. The van der Waals surface area contributed by atoms with E-state index < -0.39 is 0 Å². The van der Waals surface area contributed by atoms with Gasteiger partial charge in [0.25, 0.3) is 0 Å². The van der Waals surface area contributed by atoms with Gasteiger partial charge in [-0.25, -0.2) is 0 Å². The molecule has 0 unspecified atom stereocenters. The molecule has 0 aromatic carbocycles. The number of piperazine rings is 1. The smallest absolute Gasteiger partial charge is 0.0121 e. The minimum absolute atomic E-state index is 1.14. The second kappa shape index (κ2) is 7.06. The van der Waals surface area contributed by atoms with E-state index in [4.69, 9.17) is 0 Å². The van der Waals surface area contributed by atoms with Crippen LogP contribution in [0.1, 0.15) is 0 Å². The molecule has 1 aliphatic heterocycles. The minimum Gasteiger partial charge on any atom is -0.315 e. The maximum atomic E-state index is 3.41. The van der Waals surface area contributed by atoms with Crippen LogP contribution in [-0.2, 0) is 0 Å². The van der Waals surface area contributed by atoms with Crippen molar-refractivity contribution >= 4 is 22.6 Å². The molecule has 2 N–H and O–H groups in total. The summed E-state index contributed by atoms with van der Waals surface area (Å²) >= 11 is 2.40. The van der Waals surface area contributed by atoms with E-state index in [2.05, 4.69) is 38.1 Å². The van der Waals surface area contributed by atoms with Gasteiger partial charge in [0.15, 0.2) is 0 Å². The van der Waals surface area contributed by atoms with Crippen molar-refractivity contribution in [3.63, 3.8) is 0 Å². The summed E-state index contributed by atoms with van der Waals surface area (Å²) in [7, 11) is 0. The maximum absolute atomic E-state index is 3.41. The predicted octanol–water partition coefficient (Wildman–Crippen LogP) is -0.0838. The van der Waals surface area contributed by atoms with E-state index in [1.165, 1.54) is 24.1 Å². The van der Waals surface area contributed by atoms with Crippen molar-refractivity contribution in [2.45, 2.75) is 0 Å². The van der Waals surface area contributed by atoms with Crippen LogP contribution in [-0.4, -0.2) is 55.1 Å². The molecular formula is C8H18IN3. The van der Waals surface area contributed by atoms with E-state index in [-0.39, 0.29) is 0 Å². The number of hydrogen-bond donors (Lipinski definition) is 2. The summed E-state index contributed by atoms with van der Waals surface area (Å²) in [4.78, 5) is 2.51. The molecule has 0 aromatic rings. The Bertz CT molecular complexity index is 104. The fraction of sp³-hybridized carbons (Fsp3) is 1.00. The van der Waals surface area contributed by atoms with Crippen LogP contribution in [0.5, 0.6) is 0 Å². The van der Waals surface area contributed by atoms with E-state index in [1.807, 2.05) is 0 Å². The second-order valence-corrected chi connectivity index (χ2v) is 4.11. The number of nitrogens with one attached hydrogen (secondary N) is 2. The monoisotopic (exact) mass is 283 g/mol. The number of nitrogens with zero attached hydrogens (tertiary/aromatic N) is 1. The molecule has 0 radical (unpaired) electrons. The molecule has 1 aliphatic rings. The first-order chi connectivity index (χ1) is 5.93. The lowest BCUT2D eigenvalue weighted by molar-refractivity contribution is 0.242. The number of alkyl halides is 1. The van der Waals surface area contributed by atoms with E-state index >= 15 is 0 Å². The van der Waals surface area contributed by atoms with Crippen molar-refractivity contribution in [3.05, 3.63) is 0 Å². The zero-order valence-electron chi connectivity index (χ0n) is 7.48. The van der Waals surface area contributed by atoms with E-state index in [0.717, 1.165) is 26.2 Å². The summed E-state index contributed by atoms with van der Waals surface area (Å²) in [6.07, 6.45) is 0. The summed E-state index contributed by atoms with van der Waals surface area (Å²) < 4.78 is 1.21. The van der Waals surface area contributed by atoms with Crippen molar-refractivity contribution in [2.24, 2.45) is 0 Å². The Hall–Kier alpha value is 0.610. The number of rotatable bonds is 5. The average molecular weight is 283 g/mol. The number of halogens is 1. The molecular weight excluding hydrogens is 265 g/mol. The SMILES string of the molecule is ICCNCCN1CCNCC1. The van der Waals surface area contributed by atoms with Crippen LogP contribution < -0.4 is 10.6 Å². The van der Waals surface area contributed by atoms with E-state index in [9.17, 15) is 0 Å². The summed E-state index contributed by atoms with van der Waals surface area (Å²) in [5, 5.41) is 6.77. The average Bonchev–Trinajstić information content (AvgIpc) is 2.14. The third-order valence-corrected chi connectivity index (χ3v) is 2.63. The van der Waals surface area contributed by atoms with Crippen LogP contribution in [0.3, 0.4) is 0 Å². The second-order valence-electron chi connectivity index (χ2n) is 3.03. The zero-order valence-corrected chi connectivity index (χ0v) is 9.64. The van der Waals surface area contributed by atoms with Crippen LogP contribution in [0.25, 0.3) is 0 Å². The quantitative estimate of drug-likeness (QED) is 0.420. The third-order valence-electron chi connectivity index (χ3n) is 2.09. The Morgan fingerprint density at radius 2 is 2.00 bits per heavy atom. The summed E-state index contributed by atoms with van der Waals surface area (Å²) in [5.41, 5.74) is 0. The Morgan fingerprint density at radius 3 is 2.67 bits per heavy atom. The molecule has 1 saturated heterocycles. The van der Waals surface area contributed by atoms with Crippen LogP contribution in [0.4, 0.5) is 0 Å². The predicted molar refractivity (Wildman–Crippen MR) is 61.1 cm³/mol. The van der Waals surface area contributed by atoms with Gasteiger partial charge >= 0.3 is 0 Å². The van der Waals surface area contributed by atoms with Crippen molar-refractivity contribution in [2.75, 3.05) is 50.2 Å². The molecule has 1 heterocycles. The molecule has 12 heavy (non-hydrogen) atoms. The highest BCUT2D eigenvalue weighted by atomic mass is 127. The Balaban J connectivity index is 1.91. The highest BCUT2D eigenvalue weighted by molar-refractivity contribution is 14.1. The maximum Gasteiger partial charge on any atom is 0.0121 e. The fourth-order valence-corrected chi connectivity index (χ4v) is 1.75. The lowest BCUT2D eigenvalue weighted by Gasteiger charge is -2.27. The first-order valence-corrected chi connectivity index (χ1v) is 6.16. The molecule has 0 aromatic heterocycles. The molecule has 1 rings (SSSR count). The van der Waals surface area contributed by atoms with Gasteiger partial charge in [0, 0.05) is 50.2 Å². The summed E-state index contributed by atoms with van der Waals surface area (Å²) in [6.45, 7) is 8.24. The van der Waals surface area contributed by atoms with Gasteiger partial charge in [-0.3, -0.25) is 4.90 Å². The lowest BCUT2D eigenvalue weighted by atomic mass is 10.3. The van der Waals surface area contributed by atoms with Gasteiger partial charge < -0.3 is 10.6 Å². The van der Waals surface area contributed by atoms with Gasteiger partial charge in [-0.2, -0.15) is 0 Å². The first-order valence-electron chi connectivity index (χ1n) is 4.63. The molecule has 0 saturated carbocycles. The number of hydrogen-bond acceptors (Lipinski definition) is 3. The standard InChI is InChI=1S/C8H18IN3/c9-1-2-10-3-6-12-7-4-11-5-8-12/h10-11H,1-8H2.